The largest absolute Gasteiger partial charge is 0.573 e. The quantitative estimate of drug-likeness (QED) is 0.480. The van der Waals surface area contributed by atoms with Crippen LogP contribution in [0, 0.1) is 11.3 Å². The number of alkyl halides is 5. The molecular weight excluding hydrogens is 387 g/mol. The van der Waals surface area contributed by atoms with E-state index in [1.54, 1.807) is 0 Å². The first-order chi connectivity index (χ1) is 13.0. The molecule has 6 nitrogen and oxygen atoms in total. The highest BCUT2D eigenvalue weighted by molar-refractivity contribution is 6.19. The highest BCUT2D eigenvalue weighted by Crippen LogP contribution is 2.52. The van der Waals surface area contributed by atoms with Crippen molar-refractivity contribution in [1.82, 2.24) is 4.98 Å². The molecule has 0 amide bonds. The van der Waals surface area contributed by atoms with Crippen LogP contribution >= 0.6 is 0 Å². The van der Waals surface area contributed by atoms with Crippen molar-refractivity contribution in [3.63, 3.8) is 0 Å². The van der Waals surface area contributed by atoms with E-state index in [4.69, 9.17) is 11.1 Å². The van der Waals surface area contributed by atoms with Crippen LogP contribution in [0.25, 0.3) is 0 Å². The van der Waals surface area contributed by atoms with Gasteiger partial charge in [0.05, 0.1) is 6.10 Å². The molecule has 1 heterocycles. The molecule has 0 saturated heterocycles. The second kappa shape index (κ2) is 7.46. The minimum Gasteiger partial charge on any atom is -0.402 e. The fraction of sp³-hybridized carbons (Fsp3) is 0.471. The Kier molecular flexibility index (Phi) is 5.37. The fourth-order valence-corrected chi connectivity index (χ4v) is 3.34. The van der Waals surface area contributed by atoms with E-state index in [1.807, 2.05) is 0 Å². The first-order valence-electron chi connectivity index (χ1n) is 8.37. The Morgan fingerprint density at radius 1 is 1.43 bits per heavy atom. The number of halogens is 5. The van der Waals surface area contributed by atoms with Gasteiger partial charge in [-0.15, -0.1) is 13.2 Å². The van der Waals surface area contributed by atoms with E-state index in [0.717, 1.165) is 23.4 Å². The summed E-state index contributed by atoms with van der Waals surface area (Å²) in [4.78, 5) is 7.49. The number of rotatable bonds is 7. The van der Waals surface area contributed by atoms with Gasteiger partial charge in [0.25, 0.3) is 6.43 Å². The monoisotopic (exact) mass is 404 g/mol. The summed E-state index contributed by atoms with van der Waals surface area (Å²) in [5, 5.41) is 17.7. The lowest BCUT2D eigenvalue weighted by atomic mass is 10.0. The topological polar surface area (TPSA) is 105 Å². The Bertz CT molecular complexity index is 850. The number of allylic oxidation sites excluding steroid dienone is 1. The Morgan fingerprint density at radius 3 is 2.71 bits per heavy atom. The van der Waals surface area contributed by atoms with Crippen molar-refractivity contribution in [3.8, 4) is 5.75 Å². The molecule has 1 fully saturated rings. The number of ether oxygens (including phenoxy) is 1. The third-order valence-corrected chi connectivity index (χ3v) is 4.53. The van der Waals surface area contributed by atoms with Crippen LogP contribution in [0.15, 0.2) is 28.4 Å². The van der Waals surface area contributed by atoms with Crippen LogP contribution in [-0.4, -0.2) is 47.0 Å². The van der Waals surface area contributed by atoms with Crippen molar-refractivity contribution in [1.29, 1.82) is 5.41 Å². The van der Waals surface area contributed by atoms with Crippen LogP contribution in [0.4, 0.5) is 27.8 Å². The maximum Gasteiger partial charge on any atom is 0.573 e. The maximum atomic E-state index is 12.6. The summed E-state index contributed by atoms with van der Waals surface area (Å²) in [6, 6.07) is 0.929. The highest BCUT2D eigenvalue weighted by atomic mass is 19.4. The van der Waals surface area contributed by atoms with Gasteiger partial charge in [-0.25, -0.2) is 13.8 Å². The third-order valence-electron chi connectivity index (χ3n) is 4.53. The van der Waals surface area contributed by atoms with Crippen LogP contribution in [0.1, 0.15) is 24.8 Å². The zero-order chi connectivity index (χ0) is 20.6. The van der Waals surface area contributed by atoms with Gasteiger partial charge >= 0.3 is 6.36 Å². The standard InChI is InChI=1S/C17H17F5N4O2/c18-14(19)6-25-12(15-9-2-8(27)3-10(9)15)4-11(23)7-1-13(16(24)26-5-7)28-17(20,21)22/h1,5,8-9,14,23,27H,2-4,6H2,(H2,24,26). The molecule has 11 heteroatoms. The molecule has 1 aromatic rings. The molecule has 2 aliphatic rings. The van der Waals surface area contributed by atoms with Crippen LogP contribution in [0.2, 0.25) is 0 Å². The third kappa shape index (κ3) is 4.64. The van der Waals surface area contributed by atoms with Crippen molar-refractivity contribution < 1.29 is 31.8 Å². The van der Waals surface area contributed by atoms with Crippen LogP contribution in [0.3, 0.4) is 0 Å². The van der Waals surface area contributed by atoms with Crippen molar-refractivity contribution >= 4 is 17.2 Å². The van der Waals surface area contributed by atoms with Crippen LogP contribution in [-0.2, 0) is 0 Å². The van der Waals surface area contributed by atoms with Crippen molar-refractivity contribution in [2.24, 2.45) is 10.9 Å². The van der Waals surface area contributed by atoms with E-state index in [2.05, 4.69) is 14.7 Å². The molecule has 2 unspecified atom stereocenters. The number of anilines is 1. The van der Waals surface area contributed by atoms with Crippen molar-refractivity contribution in [2.75, 3.05) is 12.3 Å². The smallest absolute Gasteiger partial charge is 0.402 e. The SMILES string of the molecule is N=C(CC(=NCC(F)F)C1=C2CC(O)CC21)c1cnc(N)c(OC(F)(F)F)c1. The summed E-state index contributed by atoms with van der Waals surface area (Å²) < 4.78 is 66.3. The normalized spacial score (nSPS) is 21.9. The minimum atomic E-state index is -4.97. The minimum absolute atomic E-state index is 0.00893. The van der Waals surface area contributed by atoms with Gasteiger partial charge in [-0.1, -0.05) is 5.57 Å². The molecule has 0 aromatic carbocycles. The first-order valence-corrected chi connectivity index (χ1v) is 8.37. The number of hydrogen-bond acceptors (Lipinski definition) is 6. The lowest BCUT2D eigenvalue weighted by Gasteiger charge is -2.13. The number of aliphatic hydroxyl groups excluding tert-OH is 1. The number of aliphatic imine (C=N–C) groups is 1. The van der Waals surface area contributed by atoms with Gasteiger partial charge in [0, 0.05) is 35.5 Å². The van der Waals surface area contributed by atoms with Gasteiger partial charge in [0.2, 0.25) is 0 Å². The molecule has 152 valence electrons. The van der Waals surface area contributed by atoms with Crippen LogP contribution < -0.4 is 10.5 Å². The van der Waals surface area contributed by atoms with Gasteiger partial charge < -0.3 is 21.0 Å². The first kappa shape index (κ1) is 20.2. The molecule has 2 aliphatic carbocycles. The molecule has 28 heavy (non-hydrogen) atoms. The van der Waals surface area contributed by atoms with Gasteiger partial charge in [-0.05, 0) is 24.5 Å². The highest BCUT2D eigenvalue weighted by Gasteiger charge is 2.46. The number of fused-ring (bicyclic) bond motifs is 1. The molecule has 2 atom stereocenters. The maximum absolute atomic E-state index is 12.6. The van der Waals surface area contributed by atoms with Gasteiger partial charge in [0.1, 0.15) is 6.54 Å². The van der Waals surface area contributed by atoms with Crippen molar-refractivity contribution in [3.05, 3.63) is 29.0 Å². The molecule has 1 aromatic heterocycles. The van der Waals surface area contributed by atoms with E-state index in [-0.39, 0.29) is 29.3 Å². The van der Waals surface area contributed by atoms with E-state index >= 15 is 0 Å². The van der Waals surface area contributed by atoms with Gasteiger partial charge in [0.15, 0.2) is 11.6 Å². The number of nitrogens with zero attached hydrogens (tertiary/aromatic N) is 2. The summed E-state index contributed by atoms with van der Waals surface area (Å²) in [5.41, 5.74) is 7.19. The zero-order valence-electron chi connectivity index (χ0n) is 14.4. The predicted molar refractivity (Wildman–Crippen MR) is 90.8 cm³/mol. The molecule has 4 N–H and O–H groups in total. The lowest BCUT2D eigenvalue weighted by molar-refractivity contribution is -0.274. The summed E-state index contributed by atoms with van der Waals surface area (Å²) in [6.45, 7) is -0.739. The van der Waals surface area contributed by atoms with Crippen LogP contribution in [0.5, 0.6) is 5.75 Å². The van der Waals surface area contributed by atoms with E-state index < -0.39 is 37.0 Å². The summed E-state index contributed by atoms with van der Waals surface area (Å²) in [6.07, 6.45) is -6.23. The van der Waals surface area contributed by atoms with E-state index in [1.165, 1.54) is 0 Å². The average Bonchev–Trinajstić information content (AvgIpc) is 3.07. The number of aromatic nitrogens is 1. The summed E-state index contributed by atoms with van der Waals surface area (Å²) in [5.74, 6) is -1.25. The fourth-order valence-electron chi connectivity index (χ4n) is 3.34. The molecule has 3 rings (SSSR count). The van der Waals surface area contributed by atoms with Crippen molar-refractivity contribution in [2.45, 2.75) is 38.2 Å². The Balaban J connectivity index is 1.79. The molecule has 0 aliphatic heterocycles. The molecule has 0 spiro atoms. The molecule has 0 bridgehead atoms. The summed E-state index contributed by atoms with van der Waals surface area (Å²) in [7, 11) is 0. The Hall–Kier alpha value is -2.56. The number of nitrogen functional groups attached to an aromatic ring is 1. The number of hydrogen-bond donors (Lipinski definition) is 3. The molecule has 0 radical (unpaired) electrons. The van der Waals surface area contributed by atoms with E-state index in [0.29, 0.717) is 12.8 Å². The van der Waals surface area contributed by atoms with Gasteiger partial charge in [-0.2, -0.15) is 0 Å². The Morgan fingerprint density at radius 2 is 2.14 bits per heavy atom. The predicted octanol–water partition coefficient (Wildman–Crippen LogP) is 3.11. The van der Waals surface area contributed by atoms with Gasteiger partial charge in [-0.3, -0.25) is 4.99 Å². The molecule has 1 saturated carbocycles. The number of nitrogens with two attached hydrogens (primary N) is 1. The number of nitrogens with one attached hydrogen (secondary N) is 1. The molecular formula is C17H17F5N4O2. The lowest BCUT2D eigenvalue weighted by Crippen LogP contribution is -2.19. The summed E-state index contributed by atoms with van der Waals surface area (Å²) >= 11 is 0. The zero-order valence-corrected chi connectivity index (χ0v) is 14.4. The second-order valence-electron chi connectivity index (χ2n) is 6.57. The van der Waals surface area contributed by atoms with E-state index in [9.17, 15) is 27.1 Å². The number of pyridine rings is 1. The average molecular weight is 404 g/mol. The second-order valence-corrected chi connectivity index (χ2v) is 6.57. The Labute approximate surface area is 156 Å². The number of aliphatic hydroxyl groups is 1.